The van der Waals surface area contributed by atoms with E-state index < -0.39 is 5.60 Å². The van der Waals surface area contributed by atoms with Gasteiger partial charge in [0, 0.05) is 0 Å². The largest absolute Gasteiger partial charge is 0.464 e. The minimum atomic E-state index is -0.621. The van der Waals surface area contributed by atoms with Crippen molar-refractivity contribution >= 4 is 5.97 Å². The fourth-order valence-electron chi connectivity index (χ4n) is 1.65. The third kappa shape index (κ3) is 2.02. The Labute approximate surface area is 79.4 Å². The van der Waals surface area contributed by atoms with E-state index in [0.29, 0.717) is 12.5 Å². The highest BCUT2D eigenvalue weighted by Crippen LogP contribution is 2.42. The van der Waals surface area contributed by atoms with Crippen LogP contribution in [0, 0.1) is 5.92 Å². The normalized spacial score (nSPS) is 31.9. The predicted octanol–water partition coefficient (Wildman–Crippen LogP) is 1.75. The van der Waals surface area contributed by atoms with E-state index in [9.17, 15) is 4.79 Å². The van der Waals surface area contributed by atoms with E-state index in [2.05, 4.69) is 13.8 Å². The molecule has 1 heterocycles. The lowest BCUT2D eigenvalue weighted by Crippen LogP contribution is -2.30. The summed E-state index contributed by atoms with van der Waals surface area (Å²) in [6, 6.07) is 0. The van der Waals surface area contributed by atoms with E-state index in [1.807, 2.05) is 13.8 Å². The number of hydrogen-bond donors (Lipinski definition) is 0. The Bertz CT molecular complexity index is 200. The van der Waals surface area contributed by atoms with Gasteiger partial charge in [0.2, 0.25) is 0 Å². The summed E-state index contributed by atoms with van der Waals surface area (Å²) in [5, 5.41) is 0. The lowest BCUT2D eigenvalue weighted by atomic mass is 9.94. The molecular weight excluding hydrogens is 168 g/mol. The molecule has 76 valence electrons. The van der Waals surface area contributed by atoms with Crippen molar-refractivity contribution in [1.82, 2.24) is 0 Å². The molecule has 0 amide bonds. The molecule has 0 saturated carbocycles. The molecule has 1 aliphatic rings. The molecule has 0 bridgehead atoms. The summed E-state index contributed by atoms with van der Waals surface area (Å²) in [5.41, 5.74) is -0.621. The van der Waals surface area contributed by atoms with Crippen molar-refractivity contribution < 1.29 is 14.3 Å². The summed E-state index contributed by atoms with van der Waals surface area (Å²) < 4.78 is 10.3. The zero-order chi connectivity index (χ0) is 10.1. The smallest absolute Gasteiger partial charge is 0.341 e. The molecule has 0 aromatic heterocycles. The van der Waals surface area contributed by atoms with Crippen molar-refractivity contribution in [3.63, 3.8) is 0 Å². The zero-order valence-corrected chi connectivity index (χ0v) is 8.79. The van der Waals surface area contributed by atoms with Crippen molar-refractivity contribution in [2.45, 2.75) is 45.8 Å². The van der Waals surface area contributed by atoms with Crippen molar-refractivity contribution in [3.05, 3.63) is 0 Å². The maximum atomic E-state index is 11.5. The van der Waals surface area contributed by atoms with Crippen LogP contribution in [-0.2, 0) is 14.3 Å². The topological polar surface area (TPSA) is 38.8 Å². The number of hydrogen-bond acceptors (Lipinski definition) is 3. The Kier molecular flexibility index (Phi) is 2.96. The van der Waals surface area contributed by atoms with Gasteiger partial charge in [-0.2, -0.15) is 0 Å². The molecule has 0 N–H and O–H groups in total. The maximum Gasteiger partial charge on any atom is 0.341 e. The van der Waals surface area contributed by atoms with E-state index in [1.165, 1.54) is 0 Å². The van der Waals surface area contributed by atoms with Gasteiger partial charge in [0.15, 0.2) is 5.60 Å². The molecule has 2 unspecified atom stereocenters. The number of epoxide rings is 1. The van der Waals surface area contributed by atoms with Crippen LogP contribution in [0.1, 0.15) is 34.1 Å². The Morgan fingerprint density at radius 2 is 2.15 bits per heavy atom. The van der Waals surface area contributed by atoms with Gasteiger partial charge in [-0.05, 0) is 26.2 Å². The third-order valence-electron chi connectivity index (χ3n) is 2.32. The molecule has 1 aliphatic heterocycles. The van der Waals surface area contributed by atoms with Crippen molar-refractivity contribution in [2.24, 2.45) is 5.92 Å². The van der Waals surface area contributed by atoms with Crippen LogP contribution >= 0.6 is 0 Å². The summed E-state index contributed by atoms with van der Waals surface area (Å²) in [6.45, 7) is 8.31. The first-order chi connectivity index (χ1) is 6.03. The first-order valence-electron chi connectivity index (χ1n) is 4.88. The number of carbonyl (C=O) groups is 1. The molecule has 2 atom stereocenters. The molecule has 0 aromatic carbocycles. The Morgan fingerprint density at radius 1 is 1.62 bits per heavy atom. The molecule has 0 aromatic rings. The maximum absolute atomic E-state index is 11.5. The Hall–Kier alpha value is -0.570. The fourth-order valence-corrected chi connectivity index (χ4v) is 1.65. The highest BCUT2D eigenvalue weighted by Gasteiger charge is 2.61. The lowest BCUT2D eigenvalue weighted by Gasteiger charge is -2.13. The van der Waals surface area contributed by atoms with Gasteiger partial charge in [-0.1, -0.05) is 13.8 Å². The van der Waals surface area contributed by atoms with Gasteiger partial charge in [0.25, 0.3) is 0 Å². The first kappa shape index (κ1) is 10.5. The van der Waals surface area contributed by atoms with Gasteiger partial charge in [-0.3, -0.25) is 0 Å². The van der Waals surface area contributed by atoms with Crippen molar-refractivity contribution in [3.8, 4) is 0 Å². The standard InChI is InChI=1S/C10H18O3/c1-5-12-9(11)10(6-7(2)3)8(4)13-10/h7-8H,5-6H2,1-4H3. The highest BCUT2D eigenvalue weighted by molar-refractivity contribution is 5.83. The SMILES string of the molecule is CCOC(=O)C1(CC(C)C)OC1C. The van der Waals surface area contributed by atoms with Crippen LogP contribution in [0.4, 0.5) is 0 Å². The number of rotatable bonds is 4. The molecule has 0 spiro atoms. The van der Waals surface area contributed by atoms with Crippen molar-refractivity contribution in [2.75, 3.05) is 6.61 Å². The predicted molar refractivity (Wildman–Crippen MR) is 49.4 cm³/mol. The van der Waals surface area contributed by atoms with Gasteiger partial charge in [0.05, 0.1) is 12.7 Å². The molecule has 1 fully saturated rings. The van der Waals surface area contributed by atoms with Gasteiger partial charge in [-0.25, -0.2) is 4.79 Å². The quantitative estimate of drug-likeness (QED) is 0.496. The number of esters is 1. The van der Waals surface area contributed by atoms with Crippen LogP contribution in [0.15, 0.2) is 0 Å². The van der Waals surface area contributed by atoms with Crippen molar-refractivity contribution in [1.29, 1.82) is 0 Å². The molecular formula is C10H18O3. The summed E-state index contributed by atoms with van der Waals surface area (Å²) in [5.74, 6) is 0.255. The lowest BCUT2D eigenvalue weighted by molar-refractivity contribution is -0.150. The molecule has 3 heteroatoms. The molecule has 0 radical (unpaired) electrons. The van der Waals surface area contributed by atoms with Gasteiger partial charge in [0.1, 0.15) is 0 Å². The zero-order valence-electron chi connectivity index (χ0n) is 8.79. The Balaban J connectivity index is 2.56. The minimum absolute atomic E-state index is 0.0222. The van der Waals surface area contributed by atoms with Crippen LogP contribution in [0.2, 0.25) is 0 Å². The van der Waals surface area contributed by atoms with Crippen LogP contribution in [-0.4, -0.2) is 24.3 Å². The molecule has 1 saturated heterocycles. The summed E-state index contributed by atoms with van der Waals surface area (Å²) in [4.78, 5) is 11.5. The summed E-state index contributed by atoms with van der Waals surface area (Å²) in [7, 11) is 0. The number of ether oxygens (including phenoxy) is 2. The third-order valence-corrected chi connectivity index (χ3v) is 2.32. The molecule has 0 aliphatic carbocycles. The first-order valence-corrected chi connectivity index (χ1v) is 4.88. The fraction of sp³-hybridized carbons (Fsp3) is 0.900. The van der Waals surface area contributed by atoms with E-state index in [-0.39, 0.29) is 12.1 Å². The number of carbonyl (C=O) groups excluding carboxylic acids is 1. The average Bonchev–Trinajstić information content (AvgIpc) is 2.62. The van der Waals surface area contributed by atoms with Crippen LogP contribution in [0.3, 0.4) is 0 Å². The second-order valence-electron chi connectivity index (χ2n) is 3.97. The van der Waals surface area contributed by atoms with E-state index in [1.54, 1.807) is 0 Å². The van der Waals surface area contributed by atoms with Gasteiger partial charge < -0.3 is 9.47 Å². The van der Waals surface area contributed by atoms with E-state index in [0.717, 1.165) is 6.42 Å². The second kappa shape index (κ2) is 3.66. The molecule has 1 rings (SSSR count). The minimum Gasteiger partial charge on any atom is -0.464 e. The second-order valence-corrected chi connectivity index (χ2v) is 3.97. The van der Waals surface area contributed by atoms with Gasteiger partial charge >= 0.3 is 5.97 Å². The van der Waals surface area contributed by atoms with Crippen LogP contribution in [0.5, 0.6) is 0 Å². The van der Waals surface area contributed by atoms with E-state index in [4.69, 9.17) is 9.47 Å². The molecule has 3 nitrogen and oxygen atoms in total. The highest BCUT2D eigenvalue weighted by atomic mass is 16.7. The van der Waals surface area contributed by atoms with E-state index >= 15 is 0 Å². The monoisotopic (exact) mass is 186 g/mol. The molecule has 13 heavy (non-hydrogen) atoms. The summed E-state index contributed by atoms with van der Waals surface area (Å²) in [6.07, 6.45) is 0.779. The average molecular weight is 186 g/mol. The van der Waals surface area contributed by atoms with Crippen LogP contribution in [0.25, 0.3) is 0 Å². The summed E-state index contributed by atoms with van der Waals surface area (Å²) >= 11 is 0. The van der Waals surface area contributed by atoms with Crippen LogP contribution < -0.4 is 0 Å². The van der Waals surface area contributed by atoms with Gasteiger partial charge in [-0.15, -0.1) is 0 Å². The Morgan fingerprint density at radius 3 is 2.46 bits per heavy atom.